The van der Waals surface area contributed by atoms with Gasteiger partial charge in [0.25, 0.3) is 0 Å². The van der Waals surface area contributed by atoms with Gasteiger partial charge in [-0.25, -0.2) is 4.39 Å². The van der Waals surface area contributed by atoms with Crippen molar-refractivity contribution < 1.29 is 23.5 Å². The summed E-state index contributed by atoms with van der Waals surface area (Å²) in [7, 11) is 1.65. The summed E-state index contributed by atoms with van der Waals surface area (Å²) in [5.74, 6) is 1.48. The third kappa shape index (κ3) is 6.18. The van der Waals surface area contributed by atoms with Gasteiger partial charge in [0.05, 0.1) is 12.8 Å². The van der Waals surface area contributed by atoms with Crippen molar-refractivity contribution >= 4 is 23.1 Å². The minimum Gasteiger partial charge on any atom is -0.497 e. The van der Waals surface area contributed by atoms with E-state index >= 15 is 0 Å². The van der Waals surface area contributed by atoms with Crippen LogP contribution in [0.15, 0.2) is 71.3 Å². The number of para-hydroxylation sites is 1. The van der Waals surface area contributed by atoms with E-state index in [1.807, 2.05) is 60.7 Å². The standard InChI is InChI=1S/C30H31FN2O4/c1-35-26-7-4-5-21(17-26)9-10-22-6-2-3-8-28(22)36-20-25(34)19-33-15-13-23(14-16-33)30-27-12-11-24(31)18-29(27)37-32-30/h2-12,17-18,23,25,34H,13-16,19-20H2,1H3/b10-9+. The van der Waals surface area contributed by atoms with Gasteiger partial charge in [-0.3, -0.25) is 0 Å². The molecule has 0 saturated carbocycles. The van der Waals surface area contributed by atoms with Crippen LogP contribution >= 0.6 is 0 Å². The maximum atomic E-state index is 13.5. The number of aliphatic hydroxyl groups is 1. The van der Waals surface area contributed by atoms with E-state index < -0.39 is 6.10 Å². The number of likely N-dealkylation sites (tertiary alicyclic amines) is 1. The third-order valence-electron chi connectivity index (χ3n) is 6.80. The quantitative estimate of drug-likeness (QED) is 0.293. The number of nitrogens with zero attached hydrogens (tertiary/aromatic N) is 2. The summed E-state index contributed by atoms with van der Waals surface area (Å²) in [5, 5.41) is 15.8. The van der Waals surface area contributed by atoms with Crippen molar-refractivity contribution in [2.75, 3.05) is 33.4 Å². The lowest BCUT2D eigenvalue weighted by Crippen LogP contribution is -2.40. The van der Waals surface area contributed by atoms with Crippen LogP contribution < -0.4 is 9.47 Å². The number of benzene rings is 3. The number of fused-ring (bicyclic) bond motifs is 1. The maximum absolute atomic E-state index is 13.5. The van der Waals surface area contributed by atoms with Crippen LogP contribution in [0, 0.1) is 5.82 Å². The Hall–Kier alpha value is -3.68. The molecule has 192 valence electrons. The van der Waals surface area contributed by atoms with Gasteiger partial charge < -0.3 is 24.0 Å². The Morgan fingerprint density at radius 1 is 1.08 bits per heavy atom. The lowest BCUT2D eigenvalue weighted by molar-refractivity contribution is 0.0591. The van der Waals surface area contributed by atoms with Crippen molar-refractivity contribution in [1.29, 1.82) is 0 Å². The number of β-amino-alcohol motifs (C(OH)–C–C–N with tert-alkyl or cyclic N) is 1. The second-order valence-electron chi connectivity index (χ2n) is 9.40. The van der Waals surface area contributed by atoms with Gasteiger partial charge in [-0.2, -0.15) is 0 Å². The van der Waals surface area contributed by atoms with Gasteiger partial charge in [-0.1, -0.05) is 47.6 Å². The van der Waals surface area contributed by atoms with Crippen molar-refractivity contribution in [2.45, 2.75) is 24.9 Å². The second kappa shape index (κ2) is 11.6. The largest absolute Gasteiger partial charge is 0.497 e. The Bertz CT molecular complexity index is 1360. The van der Waals surface area contributed by atoms with Crippen LogP contribution in [0.2, 0.25) is 0 Å². The molecule has 0 amide bonds. The van der Waals surface area contributed by atoms with Crippen molar-refractivity contribution in [3.8, 4) is 11.5 Å². The van der Waals surface area contributed by atoms with Crippen molar-refractivity contribution in [3.05, 3.63) is 89.4 Å². The molecule has 37 heavy (non-hydrogen) atoms. The number of ether oxygens (including phenoxy) is 2. The highest BCUT2D eigenvalue weighted by molar-refractivity contribution is 5.80. The van der Waals surface area contributed by atoms with Gasteiger partial charge in [0.2, 0.25) is 0 Å². The molecule has 5 rings (SSSR count). The average Bonchev–Trinajstić information content (AvgIpc) is 3.34. The number of aromatic nitrogens is 1. The van der Waals surface area contributed by atoms with Gasteiger partial charge in [0, 0.05) is 29.5 Å². The zero-order chi connectivity index (χ0) is 25.6. The van der Waals surface area contributed by atoms with Crippen LogP contribution in [0.25, 0.3) is 23.1 Å². The normalized spacial score (nSPS) is 15.9. The summed E-state index contributed by atoms with van der Waals surface area (Å²) in [4.78, 5) is 2.25. The molecule has 0 aliphatic carbocycles. The van der Waals surface area contributed by atoms with Gasteiger partial charge in [0.1, 0.15) is 30.0 Å². The lowest BCUT2D eigenvalue weighted by atomic mass is 9.91. The summed E-state index contributed by atoms with van der Waals surface area (Å²) in [5.41, 5.74) is 3.36. The van der Waals surface area contributed by atoms with Crippen LogP contribution in [-0.2, 0) is 0 Å². The van der Waals surface area contributed by atoms with Gasteiger partial charge in [-0.05, 0) is 61.8 Å². The predicted octanol–water partition coefficient (Wildman–Crippen LogP) is 5.77. The molecule has 6 nitrogen and oxygen atoms in total. The van der Waals surface area contributed by atoms with Crippen LogP contribution in [0.5, 0.6) is 11.5 Å². The number of aliphatic hydroxyl groups excluding tert-OH is 1. The van der Waals surface area contributed by atoms with E-state index in [4.69, 9.17) is 14.0 Å². The van der Waals surface area contributed by atoms with Crippen molar-refractivity contribution in [2.24, 2.45) is 0 Å². The lowest BCUT2D eigenvalue weighted by Gasteiger charge is -2.32. The first kappa shape index (κ1) is 25.0. The molecule has 4 aromatic rings. The third-order valence-corrected chi connectivity index (χ3v) is 6.80. The Morgan fingerprint density at radius 3 is 2.76 bits per heavy atom. The number of halogens is 1. The average molecular weight is 503 g/mol. The van der Waals surface area contributed by atoms with Crippen LogP contribution in [-0.4, -0.2) is 54.6 Å². The molecule has 0 spiro atoms. The number of hydrogen-bond acceptors (Lipinski definition) is 6. The van der Waals surface area contributed by atoms with Gasteiger partial charge in [-0.15, -0.1) is 0 Å². The van der Waals surface area contributed by atoms with E-state index in [0.717, 1.165) is 59.6 Å². The monoisotopic (exact) mass is 502 g/mol. The van der Waals surface area contributed by atoms with Crippen LogP contribution in [0.3, 0.4) is 0 Å². The van der Waals surface area contributed by atoms with Crippen molar-refractivity contribution in [3.63, 3.8) is 0 Å². The van der Waals surface area contributed by atoms with Gasteiger partial charge in [0.15, 0.2) is 5.58 Å². The topological polar surface area (TPSA) is 68.0 Å². The molecule has 1 aliphatic rings. The first-order valence-electron chi connectivity index (χ1n) is 12.6. The highest BCUT2D eigenvalue weighted by atomic mass is 19.1. The number of hydrogen-bond donors (Lipinski definition) is 1. The molecule has 2 heterocycles. The predicted molar refractivity (Wildman–Crippen MR) is 142 cm³/mol. The Morgan fingerprint density at radius 2 is 1.92 bits per heavy atom. The van der Waals surface area contributed by atoms with Crippen LogP contribution in [0.1, 0.15) is 35.6 Å². The molecule has 1 saturated heterocycles. The smallest absolute Gasteiger partial charge is 0.170 e. The molecule has 0 bridgehead atoms. The maximum Gasteiger partial charge on any atom is 0.170 e. The summed E-state index contributed by atoms with van der Waals surface area (Å²) in [6.45, 7) is 2.44. The van der Waals surface area contributed by atoms with E-state index in [1.54, 1.807) is 13.2 Å². The van der Waals surface area contributed by atoms with Crippen molar-refractivity contribution in [1.82, 2.24) is 10.1 Å². The summed E-state index contributed by atoms with van der Waals surface area (Å²) >= 11 is 0. The minimum atomic E-state index is -0.608. The summed E-state index contributed by atoms with van der Waals surface area (Å²) in [6.07, 6.45) is 5.22. The molecule has 1 aliphatic heterocycles. The molecule has 1 fully saturated rings. The number of piperidine rings is 1. The Kier molecular flexibility index (Phi) is 7.82. The Labute approximate surface area is 215 Å². The fourth-order valence-corrected chi connectivity index (χ4v) is 4.83. The first-order chi connectivity index (χ1) is 18.1. The zero-order valence-electron chi connectivity index (χ0n) is 20.8. The summed E-state index contributed by atoms with van der Waals surface area (Å²) < 4.78 is 30.1. The molecule has 1 atom stereocenters. The SMILES string of the molecule is COc1cccc(/C=C/c2ccccc2OCC(O)CN2CCC(c3noc4cc(F)ccc34)CC2)c1. The highest BCUT2D eigenvalue weighted by Crippen LogP contribution is 2.33. The number of methoxy groups -OCH3 is 1. The molecule has 1 N–H and O–H groups in total. The molecule has 1 aromatic heterocycles. The molecule has 3 aromatic carbocycles. The highest BCUT2D eigenvalue weighted by Gasteiger charge is 2.26. The molecular weight excluding hydrogens is 471 g/mol. The summed E-state index contributed by atoms with van der Waals surface area (Å²) in [6, 6.07) is 20.2. The molecule has 1 unspecified atom stereocenters. The zero-order valence-corrected chi connectivity index (χ0v) is 20.8. The minimum absolute atomic E-state index is 0.212. The van der Waals surface area contributed by atoms with Gasteiger partial charge >= 0.3 is 0 Å². The van der Waals surface area contributed by atoms with E-state index in [1.165, 1.54) is 12.1 Å². The molecule has 7 heteroatoms. The Balaban J connectivity index is 1.13. The fourth-order valence-electron chi connectivity index (χ4n) is 4.83. The van der Waals surface area contributed by atoms with E-state index in [9.17, 15) is 9.50 Å². The molecular formula is C30H31FN2O4. The second-order valence-corrected chi connectivity index (χ2v) is 9.40. The van der Waals surface area contributed by atoms with E-state index in [2.05, 4.69) is 10.1 Å². The first-order valence-corrected chi connectivity index (χ1v) is 12.6. The number of rotatable bonds is 9. The fraction of sp³-hybridized carbons (Fsp3) is 0.300. The van der Waals surface area contributed by atoms with E-state index in [0.29, 0.717) is 12.1 Å². The van der Waals surface area contributed by atoms with E-state index in [-0.39, 0.29) is 18.3 Å². The van der Waals surface area contributed by atoms with Crippen LogP contribution in [0.4, 0.5) is 4.39 Å². The molecule has 0 radical (unpaired) electrons.